The van der Waals surface area contributed by atoms with Crippen molar-refractivity contribution in [3.8, 4) is 0 Å². The first kappa shape index (κ1) is 16.4. The molecule has 0 saturated carbocycles. The quantitative estimate of drug-likeness (QED) is 0.547. The predicted molar refractivity (Wildman–Crippen MR) is 99.3 cm³/mol. The summed E-state index contributed by atoms with van der Waals surface area (Å²) in [6.45, 7) is 4.89. The second kappa shape index (κ2) is 6.97. The molecule has 1 aromatic heterocycles. The fraction of sp³-hybridized carbons (Fsp3) is 0.167. The second-order valence-electron chi connectivity index (χ2n) is 5.33. The van der Waals surface area contributed by atoms with Crippen LogP contribution in [0.1, 0.15) is 28.7 Å². The average Bonchev–Trinajstić information content (AvgIpc) is 2.90. The molecule has 1 amide bonds. The SMILES string of the molecule is CCn1c(C)nc2cc(C(=O)N/N=C/c3ccccc3Br)ccc21. The molecule has 0 bridgehead atoms. The Hall–Kier alpha value is -2.47. The number of hydrazone groups is 1. The molecule has 0 fully saturated rings. The number of fused-ring (bicyclic) bond motifs is 1. The zero-order valence-electron chi connectivity index (χ0n) is 13.5. The van der Waals surface area contributed by atoms with Gasteiger partial charge in [-0.1, -0.05) is 34.1 Å². The van der Waals surface area contributed by atoms with Crippen molar-refractivity contribution in [3.05, 3.63) is 63.9 Å². The zero-order valence-corrected chi connectivity index (χ0v) is 15.0. The van der Waals surface area contributed by atoms with Crippen molar-refractivity contribution in [3.63, 3.8) is 0 Å². The lowest BCUT2D eigenvalue weighted by molar-refractivity contribution is 0.0955. The summed E-state index contributed by atoms with van der Waals surface area (Å²) >= 11 is 3.44. The Balaban J connectivity index is 1.78. The van der Waals surface area contributed by atoms with Gasteiger partial charge >= 0.3 is 0 Å². The summed E-state index contributed by atoms with van der Waals surface area (Å²) in [6, 6.07) is 13.2. The molecule has 2 aromatic carbocycles. The van der Waals surface area contributed by atoms with Gasteiger partial charge < -0.3 is 4.57 Å². The molecule has 0 saturated heterocycles. The van der Waals surface area contributed by atoms with E-state index in [9.17, 15) is 4.79 Å². The molecule has 6 heteroatoms. The van der Waals surface area contributed by atoms with Gasteiger partial charge in [0.1, 0.15) is 5.82 Å². The van der Waals surface area contributed by atoms with E-state index in [2.05, 4.69) is 42.9 Å². The molecule has 0 atom stereocenters. The predicted octanol–water partition coefficient (Wildman–Crippen LogP) is 3.89. The van der Waals surface area contributed by atoms with E-state index in [-0.39, 0.29) is 5.91 Å². The highest BCUT2D eigenvalue weighted by molar-refractivity contribution is 9.10. The number of benzene rings is 2. The zero-order chi connectivity index (χ0) is 17.1. The van der Waals surface area contributed by atoms with Gasteiger partial charge in [-0.3, -0.25) is 4.79 Å². The molecule has 3 rings (SSSR count). The summed E-state index contributed by atoms with van der Waals surface area (Å²) in [5.74, 6) is 0.681. The number of imidazole rings is 1. The van der Waals surface area contributed by atoms with E-state index in [4.69, 9.17) is 0 Å². The van der Waals surface area contributed by atoms with Gasteiger partial charge in [0.2, 0.25) is 0 Å². The molecule has 1 heterocycles. The van der Waals surface area contributed by atoms with E-state index >= 15 is 0 Å². The third-order valence-corrected chi connectivity index (χ3v) is 4.51. The average molecular weight is 385 g/mol. The lowest BCUT2D eigenvalue weighted by Gasteiger charge is -2.03. The Kier molecular flexibility index (Phi) is 4.76. The van der Waals surface area contributed by atoms with Crippen molar-refractivity contribution in [1.29, 1.82) is 0 Å². The number of carbonyl (C=O) groups excluding carboxylic acids is 1. The third kappa shape index (κ3) is 3.23. The molecular weight excluding hydrogens is 368 g/mol. The molecule has 0 aliphatic carbocycles. The monoisotopic (exact) mass is 384 g/mol. The molecule has 122 valence electrons. The number of rotatable bonds is 4. The number of nitrogens with one attached hydrogen (secondary N) is 1. The normalized spacial score (nSPS) is 11.3. The van der Waals surface area contributed by atoms with Crippen LogP contribution in [-0.4, -0.2) is 21.7 Å². The smallest absolute Gasteiger partial charge is 0.271 e. The van der Waals surface area contributed by atoms with Gasteiger partial charge in [0.15, 0.2) is 0 Å². The van der Waals surface area contributed by atoms with Gasteiger partial charge in [0.25, 0.3) is 5.91 Å². The van der Waals surface area contributed by atoms with Crippen LogP contribution in [0.25, 0.3) is 11.0 Å². The van der Waals surface area contributed by atoms with E-state index in [0.717, 1.165) is 33.4 Å². The first-order chi connectivity index (χ1) is 11.6. The minimum atomic E-state index is -0.260. The van der Waals surface area contributed by atoms with Crippen LogP contribution < -0.4 is 5.43 Å². The van der Waals surface area contributed by atoms with Gasteiger partial charge in [-0.2, -0.15) is 5.10 Å². The van der Waals surface area contributed by atoms with Crippen molar-refractivity contribution < 1.29 is 4.79 Å². The molecule has 0 spiro atoms. The van der Waals surface area contributed by atoms with Crippen molar-refractivity contribution >= 4 is 39.1 Å². The topological polar surface area (TPSA) is 59.3 Å². The number of aryl methyl sites for hydroxylation is 2. The van der Waals surface area contributed by atoms with Crippen LogP contribution in [0.4, 0.5) is 0 Å². The lowest BCUT2D eigenvalue weighted by atomic mass is 10.2. The van der Waals surface area contributed by atoms with Crippen molar-refractivity contribution in [2.45, 2.75) is 20.4 Å². The van der Waals surface area contributed by atoms with Gasteiger partial charge in [-0.25, -0.2) is 10.4 Å². The second-order valence-corrected chi connectivity index (χ2v) is 6.18. The molecule has 3 aromatic rings. The number of hydrogen-bond acceptors (Lipinski definition) is 3. The Morgan fingerprint density at radius 1 is 1.33 bits per heavy atom. The number of aromatic nitrogens is 2. The molecule has 0 unspecified atom stereocenters. The highest BCUT2D eigenvalue weighted by Gasteiger charge is 2.10. The van der Waals surface area contributed by atoms with Crippen molar-refractivity contribution in [2.24, 2.45) is 5.10 Å². The maximum absolute atomic E-state index is 12.3. The number of amides is 1. The van der Waals surface area contributed by atoms with E-state index in [1.807, 2.05) is 37.3 Å². The van der Waals surface area contributed by atoms with E-state index < -0.39 is 0 Å². The summed E-state index contributed by atoms with van der Waals surface area (Å²) in [5, 5.41) is 4.02. The lowest BCUT2D eigenvalue weighted by Crippen LogP contribution is -2.17. The van der Waals surface area contributed by atoms with Crippen LogP contribution in [0.5, 0.6) is 0 Å². The maximum atomic E-state index is 12.3. The van der Waals surface area contributed by atoms with Crippen LogP contribution in [0.2, 0.25) is 0 Å². The summed E-state index contributed by atoms with van der Waals surface area (Å²) in [7, 11) is 0. The maximum Gasteiger partial charge on any atom is 0.271 e. The molecule has 24 heavy (non-hydrogen) atoms. The molecule has 0 aliphatic heterocycles. The third-order valence-electron chi connectivity index (χ3n) is 3.79. The summed E-state index contributed by atoms with van der Waals surface area (Å²) in [4.78, 5) is 16.8. The summed E-state index contributed by atoms with van der Waals surface area (Å²) < 4.78 is 3.03. The van der Waals surface area contributed by atoms with E-state index in [1.54, 1.807) is 18.3 Å². The Labute approximate surface area is 148 Å². The Bertz CT molecular complexity index is 930. The minimum absolute atomic E-state index is 0.260. The largest absolute Gasteiger partial charge is 0.329 e. The van der Waals surface area contributed by atoms with E-state index in [0.29, 0.717) is 5.56 Å². The summed E-state index contributed by atoms with van der Waals surface area (Å²) in [6.07, 6.45) is 1.61. The van der Waals surface area contributed by atoms with Crippen LogP contribution >= 0.6 is 15.9 Å². The van der Waals surface area contributed by atoms with Crippen molar-refractivity contribution in [2.75, 3.05) is 0 Å². The van der Waals surface area contributed by atoms with Crippen LogP contribution in [0.15, 0.2) is 52.0 Å². The van der Waals surface area contributed by atoms with Gasteiger partial charge in [0.05, 0.1) is 17.2 Å². The van der Waals surface area contributed by atoms with Crippen molar-refractivity contribution in [1.82, 2.24) is 15.0 Å². The molecular formula is C18H17BrN4O. The number of nitrogens with zero attached hydrogens (tertiary/aromatic N) is 3. The van der Waals surface area contributed by atoms with Gasteiger partial charge in [0, 0.05) is 22.1 Å². The molecule has 0 aliphatic rings. The Morgan fingerprint density at radius 3 is 2.88 bits per heavy atom. The van der Waals surface area contributed by atoms with Crippen LogP contribution in [0.3, 0.4) is 0 Å². The molecule has 1 N–H and O–H groups in total. The Morgan fingerprint density at radius 2 is 2.12 bits per heavy atom. The molecule has 5 nitrogen and oxygen atoms in total. The van der Waals surface area contributed by atoms with Gasteiger partial charge in [-0.05, 0) is 38.1 Å². The number of hydrogen-bond donors (Lipinski definition) is 1. The first-order valence-corrected chi connectivity index (χ1v) is 8.44. The standard InChI is InChI=1S/C18H17BrN4O/c1-3-23-12(2)21-16-10-13(8-9-17(16)23)18(24)22-20-11-14-6-4-5-7-15(14)19/h4-11H,3H2,1-2H3,(H,22,24)/b20-11+. The number of halogens is 1. The van der Waals surface area contributed by atoms with E-state index in [1.165, 1.54) is 0 Å². The molecule has 0 radical (unpaired) electrons. The fourth-order valence-corrected chi connectivity index (χ4v) is 2.98. The minimum Gasteiger partial charge on any atom is -0.329 e. The fourth-order valence-electron chi connectivity index (χ4n) is 2.60. The van der Waals surface area contributed by atoms with Crippen LogP contribution in [-0.2, 0) is 6.54 Å². The number of carbonyl (C=O) groups is 1. The van der Waals surface area contributed by atoms with Crippen LogP contribution in [0, 0.1) is 6.92 Å². The summed E-state index contributed by atoms with van der Waals surface area (Å²) in [5.41, 5.74) is 5.83. The van der Waals surface area contributed by atoms with Gasteiger partial charge in [-0.15, -0.1) is 0 Å². The highest BCUT2D eigenvalue weighted by Crippen LogP contribution is 2.18. The highest BCUT2D eigenvalue weighted by atomic mass is 79.9. The first-order valence-electron chi connectivity index (χ1n) is 7.65.